The number of nitrogens with zero attached hydrogens (tertiary/aromatic N) is 1. The number of benzene rings is 5. The van der Waals surface area contributed by atoms with Crippen LogP contribution in [0.4, 0.5) is 17.1 Å². The highest BCUT2D eigenvalue weighted by Gasteiger charge is 2.36. The minimum absolute atomic E-state index is 0.0544. The van der Waals surface area contributed by atoms with Crippen LogP contribution in [0.3, 0.4) is 0 Å². The van der Waals surface area contributed by atoms with E-state index in [1.807, 2.05) is 11.8 Å². The Labute approximate surface area is 269 Å². The number of anilines is 3. The molecule has 2 heteroatoms. The molecule has 0 bridgehead atoms. The predicted molar refractivity (Wildman–Crippen MR) is 191 cm³/mol. The minimum atomic E-state index is 0.0544. The summed E-state index contributed by atoms with van der Waals surface area (Å²) in [7, 11) is 0. The van der Waals surface area contributed by atoms with Crippen LogP contribution in [0.2, 0.25) is 0 Å². The van der Waals surface area contributed by atoms with Crippen LogP contribution in [0, 0.1) is 20.8 Å². The van der Waals surface area contributed by atoms with E-state index >= 15 is 0 Å². The number of hydrogen-bond donors (Lipinski definition) is 0. The van der Waals surface area contributed by atoms with Crippen LogP contribution >= 0.6 is 11.8 Å². The molecule has 1 heterocycles. The van der Waals surface area contributed by atoms with E-state index in [-0.39, 0.29) is 5.41 Å². The lowest BCUT2D eigenvalue weighted by Crippen LogP contribution is -2.28. The van der Waals surface area contributed by atoms with E-state index in [4.69, 9.17) is 0 Å². The number of fused-ring (bicyclic) bond motifs is 2. The smallest absolute Gasteiger partial charge is 0.0490 e. The Morgan fingerprint density at radius 3 is 1.91 bits per heavy atom. The van der Waals surface area contributed by atoms with Gasteiger partial charge in [-0.05, 0) is 121 Å². The summed E-state index contributed by atoms with van der Waals surface area (Å²) in [6, 6.07) is 38.7. The molecule has 1 atom stereocenters. The highest BCUT2D eigenvalue weighted by molar-refractivity contribution is 7.99. The molecule has 0 radical (unpaired) electrons. The van der Waals surface area contributed by atoms with Gasteiger partial charge in [0.2, 0.25) is 0 Å². The van der Waals surface area contributed by atoms with Crippen LogP contribution in [-0.4, -0.2) is 0 Å². The van der Waals surface area contributed by atoms with Crippen LogP contribution < -0.4 is 4.90 Å². The molecule has 0 saturated heterocycles. The lowest BCUT2D eigenvalue weighted by molar-refractivity contribution is 0.490. The van der Waals surface area contributed by atoms with E-state index in [9.17, 15) is 0 Å². The third-order valence-corrected chi connectivity index (χ3v) is 10.7. The van der Waals surface area contributed by atoms with E-state index < -0.39 is 0 Å². The summed E-state index contributed by atoms with van der Waals surface area (Å²) in [5.41, 5.74) is 15.0. The Morgan fingerprint density at radius 2 is 1.25 bits per heavy atom. The Balaban J connectivity index is 1.41. The van der Waals surface area contributed by atoms with Gasteiger partial charge in [-0.3, -0.25) is 0 Å². The first-order valence-electron chi connectivity index (χ1n) is 16.3. The van der Waals surface area contributed by atoms with Crippen molar-refractivity contribution in [1.29, 1.82) is 0 Å². The van der Waals surface area contributed by atoms with Gasteiger partial charge in [-0.1, -0.05) is 112 Å². The monoisotopic (exact) mass is 595 g/mol. The highest BCUT2D eigenvalue weighted by atomic mass is 32.2. The summed E-state index contributed by atoms with van der Waals surface area (Å²) in [5.74, 6) is 0. The van der Waals surface area contributed by atoms with Crippen molar-refractivity contribution in [2.24, 2.45) is 0 Å². The zero-order valence-corrected chi connectivity index (χ0v) is 28.0. The average Bonchev–Trinajstić information content (AvgIpc) is 3.02. The van der Waals surface area contributed by atoms with Gasteiger partial charge in [-0.15, -0.1) is 0 Å². The Morgan fingerprint density at radius 1 is 0.591 bits per heavy atom. The van der Waals surface area contributed by atoms with Crippen molar-refractivity contribution in [3.05, 3.63) is 148 Å². The number of hydrogen-bond acceptors (Lipinski definition) is 2. The van der Waals surface area contributed by atoms with Crippen LogP contribution in [0.1, 0.15) is 84.5 Å². The summed E-state index contributed by atoms with van der Waals surface area (Å²) >= 11 is 1.96. The standard InChI is InChI=1S/C42H45NS/c1-7-15-32-27-35(43(38-19-12-9-16-29(38)3)39-20-13-10-17-30(39)4)23-22-33(32)26-34-28-41-37(25-31(34)5)42(6,24-8-2)36-18-11-14-21-40(36)44-41/h9-14,16-23,25,27-28H,7-8,15,24,26H2,1-6H3. The van der Waals surface area contributed by atoms with Crippen LogP contribution in [0.15, 0.2) is 113 Å². The molecule has 224 valence electrons. The SMILES string of the molecule is CCCc1cc(N(c2ccccc2C)c2ccccc2C)ccc1Cc1cc2c(cc1C)C(C)(CCC)c1ccccc1S2. The van der Waals surface area contributed by atoms with Gasteiger partial charge in [0.05, 0.1) is 0 Å². The molecule has 1 aliphatic heterocycles. The summed E-state index contributed by atoms with van der Waals surface area (Å²) < 4.78 is 0. The Kier molecular flexibility index (Phi) is 8.74. The molecule has 0 N–H and O–H groups in total. The third-order valence-electron chi connectivity index (χ3n) is 9.55. The van der Waals surface area contributed by atoms with Gasteiger partial charge in [-0.2, -0.15) is 0 Å². The number of aryl methyl sites for hydroxylation is 4. The molecule has 44 heavy (non-hydrogen) atoms. The maximum atomic E-state index is 2.51. The fraction of sp³-hybridized carbons (Fsp3) is 0.286. The zero-order chi connectivity index (χ0) is 30.8. The molecule has 5 aromatic carbocycles. The molecule has 5 aromatic rings. The summed E-state index contributed by atoms with van der Waals surface area (Å²) in [4.78, 5) is 5.29. The molecule has 1 unspecified atom stereocenters. The minimum Gasteiger partial charge on any atom is -0.310 e. The second kappa shape index (κ2) is 12.7. The van der Waals surface area contributed by atoms with Gasteiger partial charge < -0.3 is 4.90 Å². The fourth-order valence-corrected chi connectivity index (χ4v) is 8.53. The number of para-hydroxylation sites is 2. The van der Waals surface area contributed by atoms with Crippen molar-refractivity contribution in [3.8, 4) is 0 Å². The van der Waals surface area contributed by atoms with Crippen molar-refractivity contribution in [2.75, 3.05) is 4.90 Å². The molecule has 6 rings (SSSR count). The highest BCUT2D eigenvalue weighted by Crippen LogP contribution is 2.52. The molecule has 1 nitrogen and oxygen atoms in total. The molecule has 0 aliphatic carbocycles. The third kappa shape index (κ3) is 5.61. The van der Waals surface area contributed by atoms with Crippen LogP contribution in [0.25, 0.3) is 0 Å². The second-order valence-electron chi connectivity index (χ2n) is 12.7. The maximum absolute atomic E-state index is 2.51. The summed E-state index contributed by atoms with van der Waals surface area (Å²) in [5, 5.41) is 0. The maximum Gasteiger partial charge on any atom is 0.0490 e. The lowest BCUT2D eigenvalue weighted by Gasteiger charge is -2.38. The lowest BCUT2D eigenvalue weighted by atomic mass is 9.72. The zero-order valence-electron chi connectivity index (χ0n) is 27.2. The molecule has 0 spiro atoms. The summed E-state index contributed by atoms with van der Waals surface area (Å²) in [6.07, 6.45) is 5.48. The van der Waals surface area contributed by atoms with E-state index in [0.29, 0.717) is 0 Å². The van der Waals surface area contributed by atoms with E-state index in [1.54, 1.807) is 0 Å². The molecule has 0 fully saturated rings. The van der Waals surface area contributed by atoms with Gasteiger partial charge in [0.15, 0.2) is 0 Å². The van der Waals surface area contributed by atoms with Crippen molar-refractivity contribution in [3.63, 3.8) is 0 Å². The predicted octanol–water partition coefficient (Wildman–Crippen LogP) is 12.2. The van der Waals surface area contributed by atoms with Gasteiger partial charge in [0.25, 0.3) is 0 Å². The van der Waals surface area contributed by atoms with Crippen molar-refractivity contribution in [2.45, 2.75) is 88.9 Å². The second-order valence-corrected chi connectivity index (χ2v) is 13.8. The van der Waals surface area contributed by atoms with E-state index in [0.717, 1.165) is 25.7 Å². The molecule has 0 saturated carbocycles. The Hall–Kier alpha value is -3.75. The molecule has 1 aliphatic rings. The first-order chi connectivity index (χ1) is 21.3. The van der Waals surface area contributed by atoms with E-state index in [1.165, 1.54) is 77.8 Å². The normalized spacial score (nSPS) is 15.5. The van der Waals surface area contributed by atoms with Gasteiger partial charge in [-0.25, -0.2) is 0 Å². The largest absolute Gasteiger partial charge is 0.310 e. The topological polar surface area (TPSA) is 3.24 Å². The van der Waals surface area contributed by atoms with Gasteiger partial charge in [0, 0.05) is 32.3 Å². The first kappa shape index (κ1) is 30.3. The quantitative estimate of drug-likeness (QED) is 0.167. The molecular weight excluding hydrogens is 551 g/mol. The van der Waals surface area contributed by atoms with Crippen molar-refractivity contribution >= 4 is 28.8 Å². The van der Waals surface area contributed by atoms with Crippen molar-refractivity contribution < 1.29 is 0 Å². The molecule has 0 aromatic heterocycles. The van der Waals surface area contributed by atoms with Crippen molar-refractivity contribution in [1.82, 2.24) is 0 Å². The Bertz CT molecular complexity index is 1750. The van der Waals surface area contributed by atoms with Crippen LogP contribution in [-0.2, 0) is 18.3 Å². The van der Waals surface area contributed by atoms with Gasteiger partial charge >= 0.3 is 0 Å². The van der Waals surface area contributed by atoms with E-state index in [2.05, 4.69) is 150 Å². The molecule has 0 amide bonds. The molecular formula is C42H45NS. The van der Waals surface area contributed by atoms with Crippen LogP contribution in [0.5, 0.6) is 0 Å². The average molecular weight is 596 g/mol. The van der Waals surface area contributed by atoms with Gasteiger partial charge in [0.1, 0.15) is 0 Å². The summed E-state index contributed by atoms with van der Waals surface area (Å²) in [6.45, 7) is 13.8. The fourth-order valence-electron chi connectivity index (χ4n) is 7.15. The number of rotatable bonds is 9. The first-order valence-corrected chi connectivity index (χ1v) is 17.1.